The normalized spacial score (nSPS) is 39.1. The Hall–Kier alpha value is -5.97. The number of carbonyl (C=O) groups is 4. The van der Waals surface area contributed by atoms with Crippen molar-refractivity contribution in [1.82, 2.24) is 60.0 Å². The summed E-state index contributed by atoms with van der Waals surface area (Å²) in [6.45, 7) is 33.8. The summed E-state index contributed by atoms with van der Waals surface area (Å²) in [5.41, 5.74) is 24.4. The van der Waals surface area contributed by atoms with Gasteiger partial charge < -0.3 is 19.3 Å². The van der Waals surface area contributed by atoms with Crippen LogP contribution >= 0.6 is 11.6 Å². The van der Waals surface area contributed by atoms with Gasteiger partial charge in [-0.1, -0.05) is 231 Å². The van der Waals surface area contributed by atoms with Crippen LogP contribution in [0.4, 0.5) is 4.39 Å². The van der Waals surface area contributed by atoms with Crippen LogP contribution in [0.2, 0.25) is 0 Å². The second-order valence-corrected chi connectivity index (χ2v) is 50.2. The number of aliphatic hydroxyl groups excluding tert-OH is 1. The third-order valence-corrected chi connectivity index (χ3v) is 43.3. The summed E-state index contributed by atoms with van der Waals surface area (Å²) in [4.78, 5) is 53.1. The number of nitrogens with zero attached hydrogens (tertiary/aromatic N) is 12. The van der Waals surface area contributed by atoms with Gasteiger partial charge in [0.05, 0.1) is 34.0 Å². The molecular formula is C120H151ClFK2N12O7+. The van der Waals surface area contributed by atoms with E-state index in [1.807, 2.05) is 53.2 Å². The first kappa shape index (κ1) is 104. The van der Waals surface area contributed by atoms with E-state index >= 15 is 0 Å². The van der Waals surface area contributed by atoms with E-state index in [0.29, 0.717) is 69.0 Å². The molecular weight excluding hydrogens is 1850 g/mol. The Morgan fingerprint density at radius 2 is 0.748 bits per heavy atom. The molecule has 4 heterocycles. The van der Waals surface area contributed by atoms with Gasteiger partial charge in [0.2, 0.25) is 0 Å². The summed E-state index contributed by atoms with van der Waals surface area (Å²) in [5.74, 6) is 13.0. The van der Waals surface area contributed by atoms with Gasteiger partial charge >= 0.3 is 109 Å². The maximum atomic E-state index is 12.3. The SMILES string of the molecule is CC1CC(C)C2CC(C=O)=C(n3nc4ccccc4n3)[C@@]2(C)C1.C[C@H]1CC[C@@]2(C)C(=CCC3C2CC[C@]2(C)C(Cl)=C(C=O)CC32)C1.C[C@H]1CC[C@@]2(C)C(=CCC3C2CC[C@]2(C)C(n4nnc5ccccc54)=C(C=O)CC32)C1.C[C@H]1CC[C@@]2(C)C(=CCC3C2CC[C@]2(C)C(n4nnc5ccccc54)=CCC32)C1.C[C@]12CC[C@H](O)CC1=CCC1C2CC[C@]2(C)C(n3nnc4ccccc43)=CCC12.[2H]C(=O)OO[CH-]F.[K+].[K+]. The molecule has 8 aromatic rings. The number of aromatic nitrogens is 12. The number of benzene rings is 4. The molecule has 18 aliphatic carbocycles. The van der Waals surface area contributed by atoms with Gasteiger partial charge in [-0.3, -0.25) is 19.2 Å². The molecule has 9 saturated carbocycles. The van der Waals surface area contributed by atoms with Crippen LogP contribution in [0, 0.1) is 162 Å². The topological polar surface area (TPSA) is 230 Å². The predicted octanol–water partition coefficient (Wildman–Crippen LogP) is 21.7. The van der Waals surface area contributed by atoms with Crippen LogP contribution < -0.4 is 103 Å². The summed E-state index contributed by atoms with van der Waals surface area (Å²) >= 11 is 6.65. The van der Waals surface area contributed by atoms with Crippen molar-refractivity contribution in [3.63, 3.8) is 0 Å². The zero-order chi connectivity index (χ0) is 99.3. The Morgan fingerprint density at radius 1 is 0.392 bits per heavy atom. The van der Waals surface area contributed by atoms with Crippen LogP contribution in [0.1, 0.15) is 297 Å². The van der Waals surface area contributed by atoms with Crippen molar-refractivity contribution in [3.8, 4) is 0 Å². The van der Waals surface area contributed by atoms with Crippen LogP contribution in [0.25, 0.3) is 66.9 Å². The van der Waals surface area contributed by atoms with E-state index in [1.54, 1.807) is 27.1 Å². The molecule has 143 heavy (non-hydrogen) atoms. The summed E-state index contributed by atoms with van der Waals surface area (Å²) in [6.07, 6.45) is 54.3. The number of para-hydroxylation sites is 3. The van der Waals surface area contributed by atoms with Gasteiger partial charge in [0.25, 0.3) is 0 Å². The number of rotatable bonds is 9. The molecule has 26 rings (SSSR count). The Balaban J connectivity index is 0.000000112. The van der Waals surface area contributed by atoms with Gasteiger partial charge in [0, 0.05) is 60.2 Å². The second-order valence-electron chi connectivity index (χ2n) is 49.9. The van der Waals surface area contributed by atoms with E-state index < -0.39 is 6.45 Å². The average molecular weight is 2010 g/mol. The first-order valence-electron chi connectivity index (χ1n) is 54.8. The minimum Gasteiger partial charge on any atom is -0.426 e. The fourth-order valence-electron chi connectivity index (χ4n) is 35.2. The van der Waals surface area contributed by atoms with Gasteiger partial charge in [-0.05, 0) is 383 Å². The Labute approximate surface area is 938 Å². The molecule has 0 amide bonds. The minimum atomic E-state index is -1.44. The number of hydrogen-bond acceptors (Lipinski definition) is 15. The molecule has 19 nitrogen and oxygen atoms in total. The van der Waals surface area contributed by atoms with E-state index in [2.05, 4.69) is 242 Å². The van der Waals surface area contributed by atoms with Crippen molar-refractivity contribution >= 4 is 104 Å². The van der Waals surface area contributed by atoms with Crippen molar-refractivity contribution in [2.45, 2.75) is 302 Å². The van der Waals surface area contributed by atoms with Crippen molar-refractivity contribution in [2.24, 2.45) is 155 Å². The van der Waals surface area contributed by atoms with E-state index in [9.17, 15) is 28.7 Å². The first-order valence-corrected chi connectivity index (χ1v) is 54.6. The standard InChI is InChI=1S/C27H33N3O.C26H33N3.C25H31N3O.C21H29ClO.C19H23N3O.C2H2FO3.2K/c1-17-10-12-26(2)19(14-17)8-9-20-21(26)11-13-27(3)22(20)15-18(16-31)25(27)30-24-7-5-4-6-23(24)28-29-30;1-17-12-14-25(2)18(16-17)8-9-19-20-10-11-24(26(20,3)15-13-21(19)25)29-23-7-5-4-6-22(23)27-28-29;1-24-13-11-17(29)15-16(24)7-8-18-19-9-10-23(25(19,2)14-12-20(18)24)28-22-6-4-3-5-21(22)26-27-28;1-13-6-8-20(2)15(10-13)4-5-16-17(20)7-9-21(3)18(16)11-14(12-23)19(21)22;1-12-8-13(2)15-9-14(11-23)18(19(15,3)10-12)22-20-16-6-4-5-7-17(16)21-22;3-1-5-6-2-4;;/h4-8,16-17,20-22H,9-15H2,1-3H3;4-8,11,17,19-21H,9-10,12-16H2,1-3H3;3-7,10,17-20,29H,8-9,11-15H2,1-2H3;4,12-13,16-18H,5-11H2,1-3H3;4-7,11-13,15H,8-10H2,1-3H3;1-2H;;/q;;;;;-1;2*+1/t17-,20?,21?,22?,26-,27-;17-,19?,20?,21?,25-,26-;17-,18?,19?,20?,24-,25-;13-,16?,17?,18?,20-,21-;12?,13?,15?,19-;;;/m00000.../s1/i;;;;;2D;;. The number of hydrogen-bond donors (Lipinski definition) is 1. The minimum absolute atomic E-state index is 0. The van der Waals surface area contributed by atoms with E-state index in [0.717, 1.165) is 220 Å². The fourth-order valence-corrected chi connectivity index (χ4v) is 35.6. The first-order chi connectivity index (χ1) is 68.2. The number of fused-ring (bicyclic) bond motifs is 25. The van der Waals surface area contributed by atoms with E-state index in [4.69, 9.17) is 13.0 Å². The van der Waals surface area contributed by atoms with Crippen LogP contribution in [0.5, 0.6) is 0 Å². The smallest absolute Gasteiger partial charge is 0.426 e. The van der Waals surface area contributed by atoms with Crippen LogP contribution in [-0.2, 0) is 29.0 Å². The van der Waals surface area contributed by atoms with Crippen molar-refractivity contribution in [2.75, 3.05) is 0 Å². The number of aldehydes is 3. The quantitative estimate of drug-likeness (QED) is 0.0354. The van der Waals surface area contributed by atoms with Crippen molar-refractivity contribution < 1.29 is 143 Å². The van der Waals surface area contributed by atoms with Gasteiger partial charge in [-0.15, -0.1) is 25.5 Å². The molecule has 4 aromatic heterocycles. The number of allylic oxidation sites excluding steroid dienone is 17. The molecule has 15 unspecified atom stereocenters. The molecule has 0 spiro atoms. The third kappa shape index (κ3) is 17.9. The Kier molecular flexibility index (Phi) is 30.1. The zero-order valence-corrected chi connectivity index (χ0v) is 94.9. The molecule has 0 bridgehead atoms. The van der Waals surface area contributed by atoms with Gasteiger partial charge in [0.15, 0.2) is 1.37 Å². The maximum absolute atomic E-state index is 12.3. The molecule has 0 saturated heterocycles. The Bertz CT molecular complexity index is 6360. The van der Waals surface area contributed by atoms with Crippen LogP contribution in [0.3, 0.4) is 0 Å². The average Bonchev–Trinajstić information content (AvgIpc) is 1.72. The second kappa shape index (κ2) is 41.3. The summed E-state index contributed by atoms with van der Waals surface area (Å²) in [6, 6.07) is 32.7. The molecule has 18 aliphatic rings. The molecule has 748 valence electrons. The van der Waals surface area contributed by atoms with Crippen LogP contribution in [0.15, 0.2) is 178 Å². The van der Waals surface area contributed by atoms with Crippen molar-refractivity contribution in [1.29, 1.82) is 0 Å². The predicted molar refractivity (Wildman–Crippen MR) is 555 cm³/mol. The number of aliphatic hydroxyl groups is 1. The van der Waals surface area contributed by atoms with E-state index in [1.165, 1.54) is 146 Å². The number of halogens is 2. The summed E-state index contributed by atoms with van der Waals surface area (Å²) in [5, 5.41) is 47.4. The molecule has 9 fully saturated rings. The molecule has 0 radical (unpaired) electrons. The molecule has 28 atom stereocenters. The summed E-state index contributed by atoms with van der Waals surface area (Å²) < 4.78 is 22.8. The molecule has 4 aromatic carbocycles. The largest absolute Gasteiger partial charge is 1.00 e. The summed E-state index contributed by atoms with van der Waals surface area (Å²) in [7, 11) is 0. The van der Waals surface area contributed by atoms with Gasteiger partial charge in [0.1, 0.15) is 46.4 Å². The van der Waals surface area contributed by atoms with Crippen LogP contribution in [-0.4, -0.2) is 96.5 Å². The monoisotopic (exact) mass is 2010 g/mol. The Morgan fingerprint density at radius 3 is 1.17 bits per heavy atom. The van der Waals surface area contributed by atoms with E-state index in [-0.39, 0.29) is 143 Å². The van der Waals surface area contributed by atoms with Crippen molar-refractivity contribution in [3.05, 3.63) is 184 Å². The fraction of sp³-hybridized carbons (Fsp3) is 0.608. The van der Waals surface area contributed by atoms with Gasteiger partial charge in [-0.25, -0.2) is 14.0 Å². The molecule has 1 N–H and O–H groups in total. The number of carbonyl (C=O) groups excluding carboxylic acids is 4. The third-order valence-electron chi connectivity index (χ3n) is 42.6. The van der Waals surface area contributed by atoms with Gasteiger partial charge in [-0.2, -0.15) is 4.80 Å². The molecule has 0 aliphatic heterocycles. The zero-order valence-electron chi connectivity index (χ0n) is 88.9. The maximum Gasteiger partial charge on any atom is 1.00 e. The molecule has 23 heteroatoms.